The molecule has 0 amide bonds. The number of ketones is 1. The van der Waals surface area contributed by atoms with Crippen LogP contribution < -0.4 is 0 Å². The molecule has 0 spiro atoms. The van der Waals surface area contributed by atoms with Gasteiger partial charge in [-0.3, -0.25) is 4.79 Å². The molecule has 162 valence electrons. The molecule has 1 aliphatic carbocycles. The monoisotopic (exact) mass is 426 g/mol. The Morgan fingerprint density at radius 1 is 0.933 bits per heavy atom. The maximum atomic E-state index is 12.7. The Bertz CT molecular complexity index is 956. The van der Waals surface area contributed by atoms with Gasteiger partial charge in [-0.2, -0.15) is 0 Å². The molecule has 1 fully saturated rings. The smallest absolute Gasteiger partial charge is 0.167 e. The van der Waals surface area contributed by atoms with Crippen LogP contribution in [0.3, 0.4) is 0 Å². The van der Waals surface area contributed by atoms with Crippen molar-refractivity contribution in [2.24, 2.45) is 11.8 Å². The van der Waals surface area contributed by atoms with E-state index in [1.165, 1.54) is 24.8 Å². The summed E-state index contributed by atoms with van der Waals surface area (Å²) in [5.41, 5.74) is 3.76. The van der Waals surface area contributed by atoms with Crippen molar-refractivity contribution in [3.05, 3.63) is 70.8 Å². The molecule has 3 nitrogen and oxygen atoms in total. The molecule has 0 radical (unpaired) electrons. The largest absolute Gasteiger partial charge is 0.294 e. The molecule has 30 heavy (non-hydrogen) atoms. The van der Waals surface area contributed by atoms with Crippen LogP contribution in [0, 0.1) is 11.8 Å². The van der Waals surface area contributed by atoms with E-state index in [0.29, 0.717) is 23.8 Å². The minimum absolute atomic E-state index is 0.0127. The number of benzene rings is 2. The summed E-state index contributed by atoms with van der Waals surface area (Å²) >= 11 is 0. The second-order valence-corrected chi connectivity index (χ2v) is 11.8. The van der Waals surface area contributed by atoms with E-state index in [9.17, 15) is 13.2 Å². The second-order valence-electron chi connectivity index (χ2n) is 9.27. The minimum Gasteiger partial charge on any atom is -0.294 e. The Hall–Kier alpha value is -1.94. The zero-order valence-electron chi connectivity index (χ0n) is 18.6. The van der Waals surface area contributed by atoms with E-state index >= 15 is 0 Å². The molecular weight excluding hydrogens is 392 g/mol. The predicted molar refractivity (Wildman–Crippen MR) is 124 cm³/mol. The van der Waals surface area contributed by atoms with Crippen molar-refractivity contribution in [3.63, 3.8) is 0 Å². The van der Waals surface area contributed by atoms with Crippen molar-refractivity contribution in [3.8, 4) is 0 Å². The molecule has 4 heteroatoms. The summed E-state index contributed by atoms with van der Waals surface area (Å²) < 4.78 is 24.1. The number of carbonyl (C=O) groups is 1. The third-order valence-corrected chi connectivity index (χ3v) is 9.01. The van der Waals surface area contributed by atoms with Crippen molar-refractivity contribution in [2.75, 3.05) is 0 Å². The molecule has 0 aliphatic heterocycles. The summed E-state index contributed by atoms with van der Waals surface area (Å²) in [4.78, 5) is 12.7. The van der Waals surface area contributed by atoms with Gasteiger partial charge in [0.05, 0.1) is 11.0 Å². The lowest BCUT2D eigenvalue weighted by molar-refractivity contribution is 0.0993. The molecule has 1 saturated carbocycles. The number of Topliss-reactive ketones (excluding diaryl/α,β-unsaturated/α-hetero) is 1. The average Bonchev–Trinajstić information content (AvgIpc) is 2.71. The van der Waals surface area contributed by atoms with E-state index in [2.05, 4.69) is 38.1 Å². The predicted octanol–water partition coefficient (Wildman–Crippen LogP) is 5.97. The molecule has 1 aliphatic rings. The summed E-state index contributed by atoms with van der Waals surface area (Å²) in [6.45, 7) is 8.09. The molecule has 2 aromatic carbocycles. The second kappa shape index (κ2) is 9.47. The van der Waals surface area contributed by atoms with Gasteiger partial charge in [0.2, 0.25) is 0 Å². The Kier molecular flexibility index (Phi) is 7.18. The number of rotatable bonds is 7. The van der Waals surface area contributed by atoms with E-state index in [0.717, 1.165) is 17.0 Å². The quantitative estimate of drug-likeness (QED) is 0.512. The minimum atomic E-state index is -3.14. The van der Waals surface area contributed by atoms with Crippen molar-refractivity contribution in [1.82, 2.24) is 0 Å². The number of sulfone groups is 1. The molecule has 0 aromatic heterocycles. The lowest BCUT2D eigenvalue weighted by Crippen LogP contribution is -2.22. The van der Waals surface area contributed by atoms with Crippen LogP contribution in [-0.4, -0.2) is 19.5 Å². The first-order chi connectivity index (χ1) is 14.2. The number of hydrogen-bond donors (Lipinski definition) is 0. The van der Waals surface area contributed by atoms with Crippen LogP contribution >= 0.6 is 0 Å². The van der Waals surface area contributed by atoms with Crippen molar-refractivity contribution in [2.45, 2.75) is 70.3 Å². The van der Waals surface area contributed by atoms with Gasteiger partial charge in [-0.15, -0.1) is 0 Å². The fourth-order valence-corrected chi connectivity index (χ4v) is 5.40. The zero-order chi connectivity index (χ0) is 21.9. The molecule has 0 saturated heterocycles. The summed E-state index contributed by atoms with van der Waals surface area (Å²) in [5.74, 6) is 2.15. The van der Waals surface area contributed by atoms with Crippen molar-refractivity contribution < 1.29 is 13.2 Å². The van der Waals surface area contributed by atoms with Crippen LogP contribution in [0.15, 0.2) is 48.5 Å². The fraction of sp³-hybridized carbons (Fsp3) is 0.500. The van der Waals surface area contributed by atoms with Gasteiger partial charge in [0, 0.05) is 12.0 Å². The molecule has 3 atom stereocenters. The lowest BCUT2D eigenvalue weighted by Gasteiger charge is -2.34. The summed E-state index contributed by atoms with van der Waals surface area (Å²) in [6, 6.07) is 15.6. The van der Waals surface area contributed by atoms with Crippen LogP contribution in [0.25, 0.3) is 0 Å². The molecule has 2 aromatic rings. The Balaban J connectivity index is 1.63. The molecule has 3 rings (SSSR count). The summed E-state index contributed by atoms with van der Waals surface area (Å²) in [7, 11) is -3.14. The SMILES string of the molecule is CC1CCCC(c2ccc(CC(=O)c3ccc(CS(=O)(=O)C(C)C)cc3)cc2)C1C. The summed E-state index contributed by atoms with van der Waals surface area (Å²) in [6.07, 6.45) is 4.24. The van der Waals surface area contributed by atoms with Gasteiger partial charge in [0.15, 0.2) is 15.6 Å². The molecule has 0 N–H and O–H groups in total. The Morgan fingerprint density at radius 2 is 1.53 bits per heavy atom. The maximum Gasteiger partial charge on any atom is 0.167 e. The zero-order valence-corrected chi connectivity index (χ0v) is 19.4. The first-order valence-corrected chi connectivity index (χ1v) is 12.8. The molecule has 0 heterocycles. The van der Waals surface area contributed by atoms with Gasteiger partial charge in [0.25, 0.3) is 0 Å². The highest BCUT2D eigenvalue weighted by Gasteiger charge is 2.28. The average molecular weight is 427 g/mol. The Morgan fingerprint density at radius 3 is 2.13 bits per heavy atom. The number of carbonyl (C=O) groups excluding carboxylic acids is 1. The van der Waals surface area contributed by atoms with Crippen LogP contribution in [0.4, 0.5) is 0 Å². The highest BCUT2D eigenvalue weighted by atomic mass is 32.2. The maximum absolute atomic E-state index is 12.7. The van der Waals surface area contributed by atoms with E-state index in [-0.39, 0.29) is 11.5 Å². The first kappa shape index (κ1) is 22.7. The summed E-state index contributed by atoms with van der Waals surface area (Å²) in [5, 5.41) is -0.401. The van der Waals surface area contributed by atoms with Crippen molar-refractivity contribution in [1.29, 1.82) is 0 Å². The van der Waals surface area contributed by atoms with Crippen LogP contribution in [0.2, 0.25) is 0 Å². The highest BCUT2D eigenvalue weighted by Crippen LogP contribution is 2.40. The Labute approximate surface area is 181 Å². The van der Waals surface area contributed by atoms with Gasteiger partial charge in [0.1, 0.15) is 0 Å². The van der Waals surface area contributed by atoms with Gasteiger partial charge < -0.3 is 0 Å². The highest BCUT2D eigenvalue weighted by molar-refractivity contribution is 7.91. The lowest BCUT2D eigenvalue weighted by atomic mass is 9.71. The van der Waals surface area contributed by atoms with E-state index in [1.54, 1.807) is 38.1 Å². The van der Waals surface area contributed by atoms with Gasteiger partial charge in [-0.05, 0) is 54.7 Å². The first-order valence-electron chi connectivity index (χ1n) is 11.1. The van der Waals surface area contributed by atoms with Crippen LogP contribution in [-0.2, 0) is 22.0 Å². The van der Waals surface area contributed by atoms with E-state index in [1.807, 2.05) is 0 Å². The molecule has 3 unspecified atom stereocenters. The van der Waals surface area contributed by atoms with Gasteiger partial charge in [-0.25, -0.2) is 8.42 Å². The third kappa shape index (κ3) is 5.40. The fourth-order valence-electron chi connectivity index (χ4n) is 4.41. The van der Waals surface area contributed by atoms with Crippen molar-refractivity contribution >= 4 is 15.6 Å². The van der Waals surface area contributed by atoms with E-state index in [4.69, 9.17) is 0 Å². The standard InChI is InChI=1S/C26H34O3S/c1-18(2)30(28,29)17-22-10-14-24(15-11-22)26(27)16-21-8-12-23(13-9-21)25-7-5-6-19(3)20(25)4/h8-15,18-20,25H,5-7,16-17H2,1-4H3. The van der Waals surface area contributed by atoms with Crippen LogP contribution in [0.1, 0.15) is 79.9 Å². The molecule has 0 bridgehead atoms. The van der Waals surface area contributed by atoms with Gasteiger partial charge in [-0.1, -0.05) is 75.2 Å². The normalized spacial score (nSPS) is 22.2. The van der Waals surface area contributed by atoms with Crippen LogP contribution in [0.5, 0.6) is 0 Å². The molecular formula is C26H34O3S. The third-order valence-electron chi connectivity index (χ3n) is 6.84. The number of hydrogen-bond acceptors (Lipinski definition) is 3. The van der Waals surface area contributed by atoms with Gasteiger partial charge >= 0.3 is 0 Å². The van der Waals surface area contributed by atoms with E-state index < -0.39 is 15.1 Å². The topological polar surface area (TPSA) is 51.2 Å².